The van der Waals surface area contributed by atoms with Crippen molar-refractivity contribution < 1.29 is 14.3 Å². The fourth-order valence-corrected chi connectivity index (χ4v) is 2.99. The lowest BCUT2D eigenvalue weighted by Crippen LogP contribution is -2.30. The zero-order valence-electron chi connectivity index (χ0n) is 14.0. The van der Waals surface area contributed by atoms with Crippen molar-refractivity contribution >= 4 is 5.91 Å². The van der Waals surface area contributed by atoms with Gasteiger partial charge < -0.3 is 14.4 Å². The molecule has 0 aromatic heterocycles. The molecule has 0 spiro atoms. The standard InChI is InChI=1S/C17H26N2O3/c1-18(2)17(20)9-11-19-10-5-6-14(19)13-7-8-15(21-3)16(12-13)22-4/h7-8,12,14H,5-6,9-11H2,1-4H3/t14-/m1/s1. The summed E-state index contributed by atoms with van der Waals surface area (Å²) >= 11 is 0. The fraction of sp³-hybridized carbons (Fsp3) is 0.588. The van der Waals surface area contributed by atoms with Gasteiger partial charge in [0.15, 0.2) is 11.5 Å². The fourth-order valence-electron chi connectivity index (χ4n) is 2.99. The highest BCUT2D eigenvalue weighted by Gasteiger charge is 2.27. The SMILES string of the molecule is COc1ccc([C@H]2CCCN2CCC(=O)N(C)C)cc1OC. The monoisotopic (exact) mass is 306 g/mol. The molecule has 122 valence electrons. The van der Waals surface area contributed by atoms with E-state index >= 15 is 0 Å². The molecule has 1 atom stereocenters. The summed E-state index contributed by atoms with van der Waals surface area (Å²) in [5, 5.41) is 0. The second kappa shape index (κ2) is 7.49. The summed E-state index contributed by atoms with van der Waals surface area (Å²) < 4.78 is 10.7. The van der Waals surface area contributed by atoms with Gasteiger partial charge in [-0.1, -0.05) is 6.07 Å². The summed E-state index contributed by atoms with van der Waals surface area (Å²) in [7, 11) is 6.91. The quantitative estimate of drug-likeness (QED) is 0.809. The Balaban J connectivity index is 2.08. The number of rotatable bonds is 6. The van der Waals surface area contributed by atoms with E-state index in [2.05, 4.69) is 17.0 Å². The first-order valence-electron chi connectivity index (χ1n) is 7.73. The van der Waals surface area contributed by atoms with Crippen LogP contribution in [0.25, 0.3) is 0 Å². The number of carbonyl (C=O) groups is 1. The third-order valence-electron chi connectivity index (χ3n) is 4.27. The number of nitrogens with zero attached hydrogens (tertiary/aromatic N) is 2. The van der Waals surface area contributed by atoms with Crippen LogP contribution >= 0.6 is 0 Å². The Bertz CT molecular complexity index is 517. The largest absolute Gasteiger partial charge is 0.493 e. The summed E-state index contributed by atoms with van der Waals surface area (Å²) in [5.41, 5.74) is 1.23. The van der Waals surface area contributed by atoms with E-state index < -0.39 is 0 Å². The van der Waals surface area contributed by atoms with E-state index in [1.165, 1.54) is 5.56 Å². The molecule has 1 fully saturated rings. The summed E-state index contributed by atoms with van der Waals surface area (Å²) in [6.45, 7) is 1.84. The summed E-state index contributed by atoms with van der Waals surface area (Å²) in [6.07, 6.45) is 2.84. The van der Waals surface area contributed by atoms with Crippen LogP contribution in [0.2, 0.25) is 0 Å². The zero-order chi connectivity index (χ0) is 16.1. The van der Waals surface area contributed by atoms with Crippen molar-refractivity contribution in [1.29, 1.82) is 0 Å². The molecule has 0 unspecified atom stereocenters. The third kappa shape index (κ3) is 3.71. The summed E-state index contributed by atoms with van der Waals surface area (Å²) in [6, 6.07) is 6.46. The molecule has 1 amide bonds. The molecule has 5 nitrogen and oxygen atoms in total. The molecule has 1 aromatic carbocycles. The van der Waals surface area contributed by atoms with Crippen LogP contribution < -0.4 is 9.47 Å². The molecule has 5 heteroatoms. The van der Waals surface area contributed by atoms with Crippen LogP contribution in [0.3, 0.4) is 0 Å². The van der Waals surface area contributed by atoms with Crippen LogP contribution in [-0.4, -0.2) is 57.1 Å². The van der Waals surface area contributed by atoms with Crippen LogP contribution in [0.4, 0.5) is 0 Å². The van der Waals surface area contributed by atoms with Gasteiger partial charge in [-0.25, -0.2) is 0 Å². The molecule has 1 aliphatic heterocycles. The van der Waals surface area contributed by atoms with Gasteiger partial charge in [-0.3, -0.25) is 9.69 Å². The Hall–Kier alpha value is -1.75. The molecule has 0 saturated carbocycles. The third-order valence-corrected chi connectivity index (χ3v) is 4.27. The first-order chi connectivity index (χ1) is 10.6. The number of hydrogen-bond donors (Lipinski definition) is 0. The maximum Gasteiger partial charge on any atom is 0.223 e. The van der Waals surface area contributed by atoms with Crippen molar-refractivity contribution in [3.63, 3.8) is 0 Å². The molecule has 2 rings (SSSR count). The molecule has 1 aromatic rings. The number of benzene rings is 1. The lowest BCUT2D eigenvalue weighted by molar-refractivity contribution is -0.129. The van der Waals surface area contributed by atoms with Crippen molar-refractivity contribution in [3.05, 3.63) is 23.8 Å². The molecular formula is C17H26N2O3. The van der Waals surface area contributed by atoms with Crippen LogP contribution in [0.1, 0.15) is 30.9 Å². The predicted molar refractivity (Wildman–Crippen MR) is 86.4 cm³/mol. The van der Waals surface area contributed by atoms with Gasteiger partial charge in [0.2, 0.25) is 5.91 Å². The number of ether oxygens (including phenoxy) is 2. The van der Waals surface area contributed by atoms with E-state index in [1.54, 1.807) is 33.2 Å². The van der Waals surface area contributed by atoms with Crippen molar-refractivity contribution in [2.45, 2.75) is 25.3 Å². The van der Waals surface area contributed by atoms with E-state index in [9.17, 15) is 4.79 Å². The maximum absolute atomic E-state index is 11.8. The van der Waals surface area contributed by atoms with Gasteiger partial charge in [-0.2, -0.15) is 0 Å². The smallest absolute Gasteiger partial charge is 0.223 e. The first kappa shape index (κ1) is 16.6. The van der Waals surface area contributed by atoms with Crippen LogP contribution in [0.5, 0.6) is 11.5 Å². The summed E-state index contributed by atoms with van der Waals surface area (Å²) in [4.78, 5) is 15.8. The van der Waals surface area contributed by atoms with Crippen molar-refractivity contribution in [2.75, 3.05) is 41.4 Å². The molecule has 22 heavy (non-hydrogen) atoms. The molecule has 0 aliphatic carbocycles. The second-order valence-corrected chi connectivity index (χ2v) is 5.85. The Kier molecular flexibility index (Phi) is 5.66. The van der Waals surface area contributed by atoms with Crippen molar-refractivity contribution in [2.24, 2.45) is 0 Å². The summed E-state index contributed by atoms with van der Waals surface area (Å²) in [5.74, 6) is 1.69. The van der Waals surface area contributed by atoms with Gasteiger partial charge in [0.25, 0.3) is 0 Å². The number of likely N-dealkylation sites (tertiary alicyclic amines) is 1. The first-order valence-corrected chi connectivity index (χ1v) is 7.73. The normalized spacial score (nSPS) is 18.3. The van der Waals surface area contributed by atoms with Crippen molar-refractivity contribution in [3.8, 4) is 11.5 Å². The average Bonchev–Trinajstić information content (AvgIpc) is 3.00. The minimum absolute atomic E-state index is 0.179. The number of hydrogen-bond acceptors (Lipinski definition) is 4. The van der Waals surface area contributed by atoms with Crippen LogP contribution in [0.15, 0.2) is 18.2 Å². The molecule has 1 heterocycles. The number of amides is 1. The topological polar surface area (TPSA) is 42.0 Å². The van der Waals surface area contributed by atoms with Gasteiger partial charge in [-0.05, 0) is 37.1 Å². The number of methoxy groups -OCH3 is 2. The molecule has 1 aliphatic rings. The highest BCUT2D eigenvalue weighted by molar-refractivity contribution is 5.75. The van der Waals surface area contributed by atoms with Crippen LogP contribution in [0, 0.1) is 0 Å². The lowest BCUT2D eigenvalue weighted by Gasteiger charge is -2.25. The van der Waals surface area contributed by atoms with Crippen LogP contribution in [-0.2, 0) is 4.79 Å². The maximum atomic E-state index is 11.8. The minimum atomic E-state index is 0.179. The van der Waals surface area contributed by atoms with Gasteiger partial charge in [0.1, 0.15) is 0 Å². The van der Waals surface area contributed by atoms with Gasteiger partial charge in [0.05, 0.1) is 14.2 Å². The molecule has 0 bridgehead atoms. The second-order valence-electron chi connectivity index (χ2n) is 5.85. The predicted octanol–water partition coefficient (Wildman–Crippen LogP) is 2.32. The zero-order valence-corrected chi connectivity index (χ0v) is 14.0. The molecule has 0 N–H and O–H groups in total. The molecule has 0 radical (unpaired) electrons. The Morgan fingerprint density at radius 2 is 2.00 bits per heavy atom. The lowest BCUT2D eigenvalue weighted by atomic mass is 10.0. The molecule has 1 saturated heterocycles. The van der Waals surface area contributed by atoms with E-state index in [1.807, 2.05) is 6.07 Å². The van der Waals surface area contributed by atoms with E-state index in [-0.39, 0.29) is 5.91 Å². The average molecular weight is 306 g/mol. The Labute approximate surface area is 132 Å². The Morgan fingerprint density at radius 1 is 1.27 bits per heavy atom. The molecular weight excluding hydrogens is 280 g/mol. The highest BCUT2D eigenvalue weighted by Crippen LogP contribution is 2.36. The van der Waals surface area contributed by atoms with Gasteiger partial charge >= 0.3 is 0 Å². The van der Waals surface area contributed by atoms with E-state index in [4.69, 9.17) is 9.47 Å². The van der Waals surface area contributed by atoms with E-state index in [0.29, 0.717) is 12.5 Å². The van der Waals surface area contributed by atoms with Gasteiger partial charge in [-0.15, -0.1) is 0 Å². The van der Waals surface area contributed by atoms with Gasteiger partial charge in [0, 0.05) is 33.1 Å². The minimum Gasteiger partial charge on any atom is -0.493 e. The number of carbonyl (C=O) groups excluding carboxylic acids is 1. The highest BCUT2D eigenvalue weighted by atomic mass is 16.5. The van der Waals surface area contributed by atoms with Crippen molar-refractivity contribution in [1.82, 2.24) is 9.80 Å². The van der Waals surface area contributed by atoms with E-state index in [0.717, 1.165) is 37.4 Å². The Morgan fingerprint density at radius 3 is 2.64 bits per heavy atom.